The van der Waals surface area contributed by atoms with Crippen molar-refractivity contribution in [2.45, 2.75) is 50.7 Å². The van der Waals surface area contributed by atoms with Gasteiger partial charge in [-0.3, -0.25) is 9.71 Å². The Morgan fingerprint density at radius 2 is 1.94 bits per heavy atom. The highest BCUT2D eigenvalue weighted by atomic mass is 32.2. The number of hydrogen-bond donors (Lipinski definition) is 2. The van der Waals surface area contributed by atoms with Crippen LogP contribution in [0.5, 0.6) is 0 Å². The number of rotatable bonds is 6. The fraction of sp³-hybridized carbons (Fsp3) is 0.360. The number of thiocarbonyl (C=S) groups is 1. The van der Waals surface area contributed by atoms with Crippen LogP contribution < -0.4 is 14.9 Å². The highest BCUT2D eigenvalue weighted by Crippen LogP contribution is 2.43. The number of sulfonamides is 1. The number of nitrogens with one attached hydrogen (secondary N) is 2. The number of aromatic nitrogens is 2. The van der Waals surface area contributed by atoms with E-state index in [1.54, 1.807) is 12.3 Å². The first-order chi connectivity index (χ1) is 16.3. The van der Waals surface area contributed by atoms with E-state index in [9.17, 15) is 8.42 Å². The molecule has 2 fully saturated rings. The van der Waals surface area contributed by atoms with Gasteiger partial charge in [-0.1, -0.05) is 18.9 Å². The maximum Gasteiger partial charge on any atom is 0.229 e. The fourth-order valence-corrected chi connectivity index (χ4v) is 6.09. The van der Waals surface area contributed by atoms with E-state index in [0.29, 0.717) is 16.8 Å². The maximum atomic E-state index is 11.7. The molecule has 2 atom stereocenters. The van der Waals surface area contributed by atoms with Gasteiger partial charge in [-0.05, 0) is 79.5 Å². The summed E-state index contributed by atoms with van der Waals surface area (Å²) in [5, 5.41) is 4.12. The standard InChI is InChI=1S/C25H29N5O2S2/c1-17-15-20(10-11-21(17)28-34(2,31)32)30-24(18-12-14-29(16-18)19-7-3-4-8-19)23(27-25(30)33)22-9-5-6-13-26-22/h5-6,9-16,19,23-24,28H,3-4,7-8H2,1-2H3,(H,27,33)/t23-,24-/m0/s1. The number of nitrogens with zero attached hydrogens (tertiary/aromatic N) is 3. The lowest BCUT2D eigenvalue weighted by Gasteiger charge is -2.28. The van der Waals surface area contributed by atoms with Gasteiger partial charge >= 0.3 is 0 Å². The molecule has 178 valence electrons. The Morgan fingerprint density at radius 1 is 1.15 bits per heavy atom. The van der Waals surface area contributed by atoms with Crippen molar-refractivity contribution in [1.82, 2.24) is 14.9 Å². The molecular formula is C25H29N5O2S2. The molecule has 0 spiro atoms. The normalized spacial score (nSPS) is 21.1. The molecule has 2 aromatic heterocycles. The second-order valence-electron chi connectivity index (χ2n) is 9.20. The Hall–Kier alpha value is -2.91. The zero-order chi connectivity index (χ0) is 23.9. The minimum atomic E-state index is -3.36. The first-order valence-corrected chi connectivity index (χ1v) is 13.9. The molecule has 5 rings (SSSR count). The molecule has 2 N–H and O–H groups in total. The Bertz CT molecular complexity index is 1300. The summed E-state index contributed by atoms with van der Waals surface area (Å²) >= 11 is 5.82. The van der Waals surface area contributed by atoms with E-state index in [4.69, 9.17) is 12.2 Å². The summed E-state index contributed by atoms with van der Waals surface area (Å²) in [6.07, 6.45) is 12.4. The average Bonchev–Trinajstić information content (AvgIpc) is 3.54. The highest BCUT2D eigenvalue weighted by molar-refractivity contribution is 7.92. The molecule has 9 heteroatoms. The maximum absolute atomic E-state index is 11.7. The summed E-state index contributed by atoms with van der Waals surface area (Å²) in [5.41, 5.74) is 4.40. The summed E-state index contributed by atoms with van der Waals surface area (Å²) in [4.78, 5) is 6.75. The van der Waals surface area contributed by atoms with Crippen molar-refractivity contribution >= 4 is 38.7 Å². The second-order valence-corrected chi connectivity index (χ2v) is 11.3. The lowest BCUT2D eigenvalue weighted by Crippen LogP contribution is -2.29. The second kappa shape index (κ2) is 9.03. The van der Waals surface area contributed by atoms with Crippen LogP contribution in [-0.4, -0.2) is 29.3 Å². The van der Waals surface area contributed by atoms with Gasteiger partial charge in [0.15, 0.2) is 5.11 Å². The number of hydrogen-bond acceptors (Lipinski definition) is 4. The third kappa shape index (κ3) is 4.54. The van der Waals surface area contributed by atoms with Gasteiger partial charge in [0.05, 0.1) is 29.7 Å². The molecule has 1 saturated carbocycles. The molecule has 34 heavy (non-hydrogen) atoms. The van der Waals surface area contributed by atoms with Crippen molar-refractivity contribution in [3.8, 4) is 0 Å². The van der Waals surface area contributed by atoms with Crippen LogP contribution in [0.4, 0.5) is 11.4 Å². The first kappa shape index (κ1) is 22.9. The Morgan fingerprint density at radius 3 is 2.62 bits per heavy atom. The predicted molar refractivity (Wildman–Crippen MR) is 140 cm³/mol. The third-order valence-corrected chi connectivity index (χ3v) is 7.61. The van der Waals surface area contributed by atoms with Crippen LogP contribution in [0.15, 0.2) is 61.1 Å². The Balaban J connectivity index is 1.55. The van der Waals surface area contributed by atoms with E-state index < -0.39 is 10.0 Å². The van der Waals surface area contributed by atoms with Crippen LogP contribution in [0.1, 0.15) is 60.6 Å². The number of aryl methyl sites for hydroxylation is 1. The summed E-state index contributed by atoms with van der Waals surface area (Å²) in [5.74, 6) is 0. The molecule has 0 unspecified atom stereocenters. The van der Waals surface area contributed by atoms with Gasteiger partial charge in [-0.25, -0.2) is 8.42 Å². The van der Waals surface area contributed by atoms with Crippen molar-refractivity contribution in [3.63, 3.8) is 0 Å². The van der Waals surface area contributed by atoms with Gasteiger partial charge in [0.25, 0.3) is 0 Å². The molecule has 0 amide bonds. The minimum Gasteiger partial charge on any atom is -0.351 e. The molecule has 1 saturated heterocycles. The Kier molecular flexibility index (Phi) is 6.07. The first-order valence-electron chi connectivity index (χ1n) is 11.6. The number of pyridine rings is 1. The SMILES string of the molecule is Cc1cc(N2C(=S)N[C@@H](c3ccccn3)[C@@H]2c2ccn(C3CCCC3)c2)ccc1NS(C)(=O)=O. The zero-order valence-corrected chi connectivity index (χ0v) is 20.9. The largest absolute Gasteiger partial charge is 0.351 e. The van der Waals surface area contributed by atoms with E-state index in [1.807, 2.05) is 37.3 Å². The average molecular weight is 496 g/mol. The molecule has 2 aliphatic rings. The van der Waals surface area contributed by atoms with Crippen LogP contribution in [0.2, 0.25) is 0 Å². The van der Waals surface area contributed by atoms with Gasteiger partial charge in [0.2, 0.25) is 10.0 Å². The van der Waals surface area contributed by atoms with Gasteiger partial charge in [-0.2, -0.15) is 0 Å². The van der Waals surface area contributed by atoms with E-state index in [2.05, 4.69) is 42.9 Å². The third-order valence-electron chi connectivity index (χ3n) is 6.71. The number of anilines is 2. The summed E-state index contributed by atoms with van der Waals surface area (Å²) < 4.78 is 28.4. The lowest BCUT2D eigenvalue weighted by molar-refractivity contribution is 0.515. The molecule has 3 heterocycles. The lowest BCUT2D eigenvalue weighted by atomic mass is 9.98. The molecule has 1 aromatic carbocycles. The topological polar surface area (TPSA) is 79.3 Å². The van der Waals surface area contributed by atoms with Gasteiger partial charge < -0.3 is 14.8 Å². The van der Waals surface area contributed by atoms with Gasteiger partial charge in [0.1, 0.15) is 0 Å². The molecular weight excluding hydrogens is 466 g/mol. The van der Waals surface area contributed by atoms with Gasteiger partial charge in [-0.15, -0.1) is 0 Å². The monoisotopic (exact) mass is 495 g/mol. The van der Waals surface area contributed by atoms with Crippen LogP contribution in [-0.2, 0) is 10.0 Å². The van der Waals surface area contributed by atoms with Gasteiger partial charge in [0, 0.05) is 30.3 Å². The molecule has 1 aliphatic heterocycles. The van der Waals surface area contributed by atoms with Crippen molar-refractivity contribution in [2.75, 3.05) is 15.9 Å². The van der Waals surface area contributed by atoms with E-state index in [1.165, 1.54) is 31.2 Å². The zero-order valence-electron chi connectivity index (χ0n) is 19.3. The smallest absolute Gasteiger partial charge is 0.229 e. The van der Waals surface area contributed by atoms with Crippen molar-refractivity contribution in [3.05, 3.63) is 77.9 Å². The van der Waals surface area contributed by atoms with E-state index >= 15 is 0 Å². The summed E-state index contributed by atoms with van der Waals surface area (Å²) in [7, 11) is -3.36. The van der Waals surface area contributed by atoms with Crippen molar-refractivity contribution in [1.29, 1.82) is 0 Å². The fourth-order valence-electron chi connectivity index (χ4n) is 5.12. The van der Waals surface area contributed by atoms with Crippen molar-refractivity contribution in [2.24, 2.45) is 0 Å². The van der Waals surface area contributed by atoms with Crippen LogP contribution in [0.3, 0.4) is 0 Å². The molecule has 3 aromatic rings. The highest BCUT2D eigenvalue weighted by Gasteiger charge is 2.41. The van der Waals surface area contributed by atoms with E-state index in [-0.39, 0.29) is 12.1 Å². The van der Waals surface area contributed by atoms with Crippen molar-refractivity contribution < 1.29 is 8.42 Å². The van der Waals surface area contributed by atoms with Crippen LogP contribution >= 0.6 is 12.2 Å². The molecule has 1 aliphatic carbocycles. The van der Waals surface area contributed by atoms with E-state index in [0.717, 1.165) is 23.2 Å². The summed E-state index contributed by atoms with van der Waals surface area (Å²) in [6.45, 7) is 1.89. The molecule has 0 bridgehead atoms. The van der Waals surface area contributed by atoms with Crippen LogP contribution in [0.25, 0.3) is 0 Å². The summed E-state index contributed by atoms with van der Waals surface area (Å²) in [6, 6.07) is 14.2. The minimum absolute atomic E-state index is 0.0850. The van der Waals surface area contributed by atoms with Crippen LogP contribution in [0, 0.1) is 6.92 Å². The predicted octanol–water partition coefficient (Wildman–Crippen LogP) is 4.86. The quantitative estimate of drug-likeness (QED) is 0.476. The number of benzene rings is 1. The Labute approximate surface area is 206 Å². The molecule has 0 radical (unpaired) electrons. The molecule has 7 nitrogen and oxygen atoms in total.